The lowest BCUT2D eigenvalue weighted by Crippen LogP contribution is -2.44. The van der Waals surface area contributed by atoms with Crippen LogP contribution in [-0.2, 0) is 9.53 Å². The van der Waals surface area contributed by atoms with Crippen LogP contribution in [0.25, 0.3) is 0 Å². The topological polar surface area (TPSA) is 49.9 Å². The average molecular weight is 228 g/mol. The number of likely N-dealkylation sites (tertiary alicyclic amines) is 1. The number of nitrogens with zero attached hydrogens (tertiary/aromatic N) is 2. The van der Waals surface area contributed by atoms with E-state index in [-0.39, 0.29) is 18.4 Å². The summed E-state index contributed by atoms with van der Waals surface area (Å²) in [4.78, 5) is 26.3. The van der Waals surface area contributed by atoms with Gasteiger partial charge in [-0.2, -0.15) is 0 Å². The van der Waals surface area contributed by atoms with E-state index in [0.29, 0.717) is 6.54 Å². The predicted molar refractivity (Wildman–Crippen MR) is 60.1 cm³/mol. The third-order valence-corrected chi connectivity index (χ3v) is 2.83. The van der Waals surface area contributed by atoms with Crippen LogP contribution >= 0.6 is 0 Å². The lowest BCUT2D eigenvalue weighted by Gasteiger charge is -2.30. The molecular formula is C11H20N2O3. The molecule has 0 saturated carbocycles. The number of hydrogen-bond donors (Lipinski definition) is 0. The molecule has 1 heterocycles. The molecule has 0 aromatic heterocycles. The molecule has 2 amide bonds. The highest BCUT2D eigenvalue weighted by Gasteiger charge is 2.20. The molecule has 0 N–H and O–H groups in total. The summed E-state index contributed by atoms with van der Waals surface area (Å²) in [5.74, 6) is -0.279. The second-order valence-corrected chi connectivity index (χ2v) is 4.08. The summed E-state index contributed by atoms with van der Waals surface area (Å²) in [5.41, 5.74) is 0. The standard InChI is InChI=1S/C11H20N2O3/c1-12(9-6-10(14)16-2)11(15)13-7-4-3-5-8-13/h3-9H2,1-2H3. The van der Waals surface area contributed by atoms with E-state index in [4.69, 9.17) is 0 Å². The Morgan fingerprint density at radius 1 is 1.25 bits per heavy atom. The average Bonchev–Trinajstić information content (AvgIpc) is 2.35. The normalized spacial score (nSPS) is 15.8. The van der Waals surface area contributed by atoms with Gasteiger partial charge in [-0.15, -0.1) is 0 Å². The minimum atomic E-state index is -0.279. The fraction of sp³-hybridized carbons (Fsp3) is 0.818. The molecule has 0 atom stereocenters. The zero-order chi connectivity index (χ0) is 12.0. The van der Waals surface area contributed by atoms with E-state index in [0.717, 1.165) is 25.9 Å². The van der Waals surface area contributed by atoms with Crippen LogP contribution in [0.5, 0.6) is 0 Å². The molecule has 1 saturated heterocycles. The van der Waals surface area contributed by atoms with Crippen molar-refractivity contribution in [1.29, 1.82) is 0 Å². The summed E-state index contributed by atoms with van der Waals surface area (Å²) in [6.45, 7) is 2.09. The summed E-state index contributed by atoms with van der Waals surface area (Å²) in [6, 6.07) is 0.0172. The van der Waals surface area contributed by atoms with Gasteiger partial charge in [-0.05, 0) is 19.3 Å². The largest absolute Gasteiger partial charge is 0.469 e. The number of carbonyl (C=O) groups excluding carboxylic acids is 2. The maximum absolute atomic E-state index is 11.9. The molecule has 0 bridgehead atoms. The number of rotatable bonds is 3. The predicted octanol–water partition coefficient (Wildman–Crippen LogP) is 1.09. The van der Waals surface area contributed by atoms with Crippen molar-refractivity contribution in [2.45, 2.75) is 25.7 Å². The Kier molecular flexibility index (Phi) is 5.08. The highest BCUT2D eigenvalue weighted by molar-refractivity contribution is 5.75. The van der Waals surface area contributed by atoms with E-state index in [9.17, 15) is 9.59 Å². The number of esters is 1. The van der Waals surface area contributed by atoms with Crippen molar-refractivity contribution in [3.05, 3.63) is 0 Å². The third-order valence-electron chi connectivity index (χ3n) is 2.83. The molecule has 0 aromatic rings. The van der Waals surface area contributed by atoms with E-state index in [1.165, 1.54) is 13.5 Å². The molecule has 0 spiro atoms. The van der Waals surface area contributed by atoms with Crippen molar-refractivity contribution in [3.8, 4) is 0 Å². The lowest BCUT2D eigenvalue weighted by atomic mass is 10.1. The van der Waals surface area contributed by atoms with E-state index < -0.39 is 0 Å². The van der Waals surface area contributed by atoms with E-state index in [2.05, 4.69) is 4.74 Å². The van der Waals surface area contributed by atoms with Crippen molar-refractivity contribution in [3.63, 3.8) is 0 Å². The molecule has 1 aliphatic heterocycles. The van der Waals surface area contributed by atoms with Gasteiger partial charge in [0.15, 0.2) is 0 Å². The van der Waals surface area contributed by atoms with E-state index in [1.807, 2.05) is 4.90 Å². The Bertz CT molecular complexity index is 250. The van der Waals surface area contributed by atoms with Crippen LogP contribution in [0, 0.1) is 0 Å². The number of amides is 2. The molecule has 5 heteroatoms. The Morgan fingerprint density at radius 2 is 1.88 bits per heavy atom. The van der Waals surface area contributed by atoms with Crippen LogP contribution in [0.4, 0.5) is 4.79 Å². The van der Waals surface area contributed by atoms with Crippen LogP contribution in [0.15, 0.2) is 0 Å². The Labute approximate surface area is 96.3 Å². The number of carbonyl (C=O) groups is 2. The molecular weight excluding hydrogens is 208 g/mol. The summed E-state index contributed by atoms with van der Waals surface area (Å²) >= 11 is 0. The van der Waals surface area contributed by atoms with E-state index in [1.54, 1.807) is 11.9 Å². The first kappa shape index (κ1) is 12.8. The molecule has 1 aliphatic rings. The van der Waals surface area contributed by atoms with Gasteiger partial charge in [-0.3, -0.25) is 4.79 Å². The van der Waals surface area contributed by atoms with E-state index >= 15 is 0 Å². The quantitative estimate of drug-likeness (QED) is 0.679. The number of hydrogen-bond acceptors (Lipinski definition) is 3. The summed E-state index contributed by atoms with van der Waals surface area (Å²) in [5, 5.41) is 0. The maximum Gasteiger partial charge on any atom is 0.319 e. The molecule has 92 valence electrons. The fourth-order valence-electron chi connectivity index (χ4n) is 1.78. The zero-order valence-corrected chi connectivity index (χ0v) is 10.1. The third kappa shape index (κ3) is 3.72. The Hall–Kier alpha value is -1.26. The molecule has 16 heavy (non-hydrogen) atoms. The van der Waals surface area contributed by atoms with Crippen molar-refractivity contribution in [2.24, 2.45) is 0 Å². The minimum absolute atomic E-state index is 0.0172. The first-order valence-electron chi connectivity index (χ1n) is 5.72. The van der Waals surface area contributed by atoms with Crippen LogP contribution in [0.1, 0.15) is 25.7 Å². The number of ether oxygens (including phenoxy) is 1. The number of urea groups is 1. The summed E-state index contributed by atoms with van der Waals surface area (Å²) in [7, 11) is 3.08. The molecule has 5 nitrogen and oxygen atoms in total. The van der Waals surface area contributed by atoms with Gasteiger partial charge in [0.2, 0.25) is 0 Å². The van der Waals surface area contributed by atoms with Gasteiger partial charge in [0.05, 0.1) is 13.5 Å². The fourth-order valence-corrected chi connectivity index (χ4v) is 1.78. The second kappa shape index (κ2) is 6.35. The van der Waals surface area contributed by atoms with Crippen molar-refractivity contribution < 1.29 is 14.3 Å². The number of piperidine rings is 1. The van der Waals surface area contributed by atoms with Crippen LogP contribution in [0.2, 0.25) is 0 Å². The minimum Gasteiger partial charge on any atom is -0.469 e. The van der Waals surface area contributed by atoms with Crippen molar-refractivity contribution >= 4 is 12.0 Å². The number of methoxy groups -OCH3 is 1. The molecule has 0 unspecified atom stereocenters. The maximum atomic E-state index is 11.9. The molecule has 0 aliphatic carbocycles. The lowest BCUT2D eigenvalue weighted by molar-refractivity contribution is -0.140. The van der Waals surface area contributed by atoms with Crippen LogP contribution in [0.3, 0.4) is 0 Å². The van der Waals surface area contributed by atoms with Gasteiger partial charge in [0, 0.05) is 26.7 Å². The monoisotopic (exact) mass is 228 g/mol. The van der Waals surface area contributed by atoms with Gasteiger partial charge in [-0.25, -0.2) is 4.79 Å². The first-order valence-corrected chi connectivity index (χ1v) is 5.72. The van der Waals surface area contributed by atoms with Gasteiger partial charge in [0.25, 0.3) is 0 Å². The highest BCUT2D eigenvalue weighted by Crippen LogP contribution is 2.10. The van der Waals surface area contributed by atoms with Gasteiger partial charge < -0.3 is 14.5 Å². The van der Waals surface area contributed by atoms with Gasteiger partial charge >= 0.3 is 12.0 Å². The molecule has 1 rings (SSSR count). The van der Waals surface area contributed by atoms with Crippen LogP contribution < -0.4 is 0 Å². The van der Waals surface area contributed by atoms with Gasteiger partial charge in [0.1, 0.15) is 0 Å². The molecule has 0 aromatic carbocycles. The smallest absolute Gasteiger partial charge is 0.319 e. The molecule has 0 radical (unpaired) electrons. The van der Waals surface area contributed by atoms with Gasteiger partial charge in [-0.1, -0.05) is 0 Å². The summed E-state index contributed by atoms with van der Waals surface area (Å²) < 4.78 is 4.54. The summed E-state index contributed by atoms with van der Waals surface area (Å²) in [6.07, 6.45) is 3.62. The Balaban J connectivity index is 2.31. The molecule has 1 fully saturated rings. The Morgan fingerprint density at radius 3 is 2.44 bits per heavy atom. The SMILES string of the molecule is COC(=O)CCN(C)C(=O)N1CCCCC1. The zero-order valence-electron chi connectivity index (χ0n) is 10.1. The van der Waals surface area contributed by atoms with Crippen molar-refractivity contribution in [1.82, 2.24) is 9.80 Å². The first-order chi connectivity index (χ1) is 7.65. The van der Waals surface area contributed by atoms with Crippen LogP contribution in [-0.4, -0.2) is 55.6 Å². The second-order valence-electron chi connectivity index (χ2n) is 4.08. The highest BCUT2D eigenvalue weighted by atomic mass is 16.5. The van der Waals surface area contributed by atoms with Crippen molar-refractivity contribution in [2.75, 3.05) is 33.8 Å².